The number of nitrogens with zero attached hydrogens (tertiary/aromatic N) is 4. The fourth-order valence-electron chi connectivity index (χ4n) is 5.28. The van der Waals surface area contributed by atoms with Crippen molar-refractivity contribution >= 4 is 11.5 Å². The van der Waals surface area contributed by atoms with E-state index < -0.39 is 5.82 Å². The van der Waals surface area contributed by atoms with Crippen molar-refractivity contribution in [2.45, 2.75) is 51.6 Å². The molecule has 4 heterocycles. The zero-order valence-corrected chi connectivity index (χ0v) is 19.5. The first kappa shape index (κ1) is 22.3. The zero-order valence-electron chi connectivity index (χ0n) is 19.5. The van der Waals surface area contributed by atoms with Crippen LogP contribution < -0.4 is 9.64 Å². The van der Waals surface area contributed by atoms with Crippen molar-refractivity contribution in [3.05, 3.63) is 52.9 Å². The van der Waals surface area contributed by atoms with Gasteiger partial charge in [-0.15, -0.1) is 0 Å². The highest BCUT2D eigenvalue weighted by atomic mass is 19.1. The summed E-state index contributed by atoms with van der Waals surface area (Å²) in [5.74, 6) is 0.395. The minimum Gasteiger partial charge on any atom is -0.486 e. The van der Waals surface area contributed by atoms with Crippen molar-refractivity contribution in [2.24, 2.45) is 5.92 Å². The monoisotopic (exact) mass is 454 g/mol. The van der Waals surface area contributed by atoms with Crippen molar-refractivity contribution in [3.63, 3.8) is 0 Å². The van der Waals surface area contributed by atoms with Crippen LogP contribution in [0.25, 0.3) is 5.57 Å². The standard InChI is InChI=1S/C26H32F2N4O/c1-3-4-17-15-29-26(30-16-17)32-11-7-19(8-12-32)23-14-21-24(28)20(13-22(27)25(21)33-23)18-5-9-31(2)10-6-18/h5,13,15-16,19,23H,3-4,6-12,14H2,1-2H3. The van der Waals surface area contributed by atoms with Crippen LogP contribution in [0.1, 0.15) is 49.3 Å². The largest absolute Gasteiger partial charge is 0.486 e. The molecule has 0 amide bonds. The van der Waals surface area contributed by atoms with Crippen LogP contribution in [0.2, 0.25) is 0 Å². The Hall–Kier alpha value is -2.54. The Morgan fingerprint density at radius 1 is 1.12 bits per heavy atom. The highest BCUT2D eigenvalue weighted by Gasteiger charge is 2.37. The molecule has 1 saturated heterocycles. The maximum Gasteiger partial charge on any atom is 0.225 e. The molecule has 0 spiro atoms. The minimum absolute atomic E-state index is 0.118. The molecule has 5 nitrogen and oxygen atoms in total. The van der Waals surface area contributed by atoms with Gasteiger partial charge in [0.2, 0.25) is 5.95 Å². The van der Waals surface area contributed by atoms with Gasteiger partial charge in [0.05, 0.1) is 0 Å². The topological polar surface area (TPSA) is 41.5 Å². The summed E-state index contributed by atoms with van der Waals surface area (Å²) in [7, 11) is 2.03. The lowest BCUT2D eigenvalue weighted by Gasteiger charge is -2.34. The number of hydrogen-bond donors (Lipinski definition) is 0. The van der Waals surface area contributed by atoms with Crippen LogP contribution in [0.3, 0.4) is 0 Å². The van der Waals surface area contributed by atoms with Crippen molar-refractivity contribution in [2.75, 3.05) is 38.1 Å². The summed E-state index contributed by atoms with van der Waals surface area (Å²) in [6.45, 7) is 5.41. The molecule has 0 bridgehead atoms. The number of hydrogen-bond acceptors (Lipinski definition) is 5. The first-order chi connectivity index (χ1) is 16.0. The SMILES string of the molecule is CCCc1cnc(N2CCC(C3Cc4c(F)c(C5=CCN(C)CC5)cc(F)c4O3)CC2)nc1. The molecule has 1 aromatic carbocycles. The van der Waals surface area contributed by atoms with Gasteiger partial charge in [0.15, 0.2) is 11.6 Å². The fraction of sp³-hybridized carbons (Fsp3) is 0.538. The van der Waals surface area contributed by atoms with Crippen LogP contribution in [0, 0.1) is 17.6 Å². The molecule has 176 valence electrons. The van der Waals surface area contributed by atoms with Gasteiger partial charge in [-0.25, -0.2) is 18.7 Å². The lowest BCUT2D eigenvalue weighted by molar-refractivity contribution is 0.134. The maximum atomic E-state index is 15.4. The number of ether oxygens (including phenoxy) is 1. The Bertz CT molecular complexity index is 1030. The molecule has 5 rings (SSSR count). The number of rotatable bonds is 5. The normalized spacial score (nSPS) is 21.6. The van der Waals surface area contributed by atoms with E-state index in [4.69, 9.17) is 4.74 Å². The number of likely N-dealkylation sites (N-methyl/N-ethyl adjacent to an activating group) is 1. The summed E-state index contributed by atoms with van der Waals surface area (Å²) in [6, 6.07) is 1.33. The van der Waals surface area contributed by atoms with Gasteiger partial charge in [-0.1, -0.05) is 19.4 Å². The molecule has 0 radical (unpaired) electrons. The molecule has 2 aromatic rings. The second-order valence-corrected chi connectivity index (χ2v) is 9.60. The van der Waals surface area contributed by atoms with Crippen LogP contribution in [0.15, 0.2) is 24.5 Å². The highest BCUT2D eigenvalue weighted by Crippen LogP contribution is 2.41. The molecule has 3 aliphatic heterocycles. The van der Waals surface area contributed by atoms with Crippen LogP contribution >= 0.6 is 0 Å². The molecule has 1 fully saturated rings. The Morgan fingerprint density at radius 3 is 2.55 bits per heavy atom. The van der Waals surface area contributed by atoms with E-state index in [2.05, 4.69) is 26.7 Å². The predicted molar refractivity (Wildman–Crippen MR) is 126 cm³/mol. The first-order valence-electron chi connectivity index (χ1n) is 12.1. The second-order valence-electron chi connectivity index (χ2n) is 9.60. The molecule has 0 N–H and O–H groups in total. The van der Waals surface area contributed by atoms with Crippen molar-refractivity contribution in [3.8, 4) is 5.75 Å². The van der Waals surface area contributed by atoms with E-state index in [1.807, 2.05) is 25.5 Å². The second kappa shape index (κ2) is 9.37. The average Bonchev–Trinajstić information content (AvgIpc) is 3.30. The number of halogens is 2. The first-order valence-corrected chi connectivity index (χ1v) is 12.1. The third-order valence-corrected chi connectivity index (χ3v) is 7.27. The van der Waals surface area contributed by atoms with Gasteiger partial charge in [0.1, 0.15) is 11.9 Å². The van der Waals surface area contributed by atoms with Gasteiger partial charge in [0.25, 0.3) is 0 Å². The number of aryl methyl sites for hydroxylation is 1. The zero-order chi connectivity index (χ0) is 22.9. The Morgan fingerprint density at radius 2 is 1.88 bits per heavy atom. The molecule has 7 heteroatoms. The summed E-state index contributed by atoms with van der Waals surface area (Å²) < 4.78 is 36.3. The molecular formula is C26H32F2N4O. The molecule has 1 unspecified atom stereocenters. The van der Waals surface area contributed by atoms with Gasteiger partial charge < -0.3 is 14.5 Å². The van der Waals surface area contributed by atoms with E-state index in [1.165, 1.54) is 6.07 Å². The van der Waals surface area contributed by atoms with E-state index in [1.54, 1.807) is 0 Å². The number of fused-ring (bicyclic) bond motifs is 1. The summed E-state index contributed by atoms with van der Waals surface area (Å²) in [6.07, 6.45) is 10.7. The lowest BCUT2D eigenvalue weighted by Crippen LogP contribution is -2.40. The number of benzene rings is 1. The van der Waals surface area contributed by atoms with Crippen molar-refractivity contribution in [1.29, 1.82) is 0 Å². The van der Waals surface area contributed by atoms with Gasteiger partial charge in [-0.2, -0.15) is 0 Å². The predicted octanol–water partition coefficient (Wildman–Crippen LogP) is 4.65. The third kappa shape index (κ3) is 4.47. The smallest absolute Gasteiger partial charge is 0.225 e. The number of aromatic nitrogens is 2. The fourth-order valence-corrected chi connectivity index (χ4v) is 5.28. The van der Waals surface area contributed by atoms with E-state index in [-0.39, 0.29) is 23.6 Å². The number of anilines is 1. The molecule has 1 aromatic heterocycles. The van der Waals surface area contributed by atoms with E-state index in [9.17, 15) is 4.39 Å². The summed E-state index contributed by atoms with van der Waals surface area (Å²) in [5, 5.41) is 0. The molecule has 33 heavy (non-hydrogen) atoms. The Labute approximate surface area is 194 Å². The quantitative estimate of drug-likeness (QED) is 0.658. The van der Waals surface area contributed by atoms with Crippen LogP contribution in [-0.2, 0) is 12.8 Å². The van der Waals surface area contributed by atoms with E-state index in [0.29, 0.717) is 17.5 Å². The maximum absolute atomic E-state index is 15.4. The van der Waals surface area contributed by atoms with Gasteiger partial charge in [-0.3, -0.25) is 0 Å². The Kier molecular flexibility index (Phi) is 6.32. The summed E-state index contributed by atoms with van der Waals surface area (Å²) in [4.78, 5) is 13.4. The molecule has 0 saturated carbocycles. The van der Waals surface area contributed by atoms with Gasteiger partial charge >= 0.3 is 0 Å². The lowest BCUT2D eigenvalue weighted by atomic mass is 9.88. The summed E-state index contributed by atoms with van der Waals surface area (Å²) >= 11 is 0. The molecule has 1 atom stereocenters. The number of piperidine rings is 1. The van der Waals surface area contributed by atoms with Gasteiger partial charge in [-0.05, 0) is 55.9 Å². The average molecular weight is 455 g/mol. The minimum atomic E-state index is -0.443. The van der Waals surface area contributed by atoms with Crippen molar-refractivity contribution < 1.29 is 13.5 Å². The third-order valence-electron chi connectivity index (χ3n) is 7.27. The summed E-state index contributed by atoms with van der Waals surface area (Å²) in [5.41, 5.74) is 2.87. The van der Waals surface area contributed by atoms with E-state index >= 15 is 4.39 Å². The van der Waals surface area contributed by atoms with Crippen LogP contribution in [0.4, 0.5) is 14.7 Å². The molecule has 0 aliphatic carbocycles. The highest BCUT2D eigenvalue weighted by molar-refractivity contribution is 5.69. The van der Waals surface area contributed by atoms with Crippen LogP contribution in [0.5, 0.6) is 5.75 Å². The molecular weight excluding hydrogens is 422 g/mol. The Balaban J connectivity index is 1.25. The van der Waals surface area contributed by atoms with E-state index in [0.717, 1.165) is 75.4 Å². The van der Waals surface area contributed by atoms with Gasteiger partial charge in [0, 0.05) is 56.1 Å². The van der Waals surface area contributed by atoms with Crippen LogP contribution in [-0.4, -0.2) is 54.2 Å². The molecule has 3 aliphatic rings. The van der Waals surface area contributed by atoms with Crippen molar-refractivity contribution in [1.82, 2.24) is 14.9 Å².